The lowest BCUT2D eigenvalue weighted by Gasteiger charge is -2.12. The molecule has 0 spiro atoms. The second-order valence-electron chi connectivity index (χ2n) is 6.03. The zero-order chi connectivity index (χ0) is 19.7. The van der Waals surface area contributed by atoms with Gasteiger partial charge in [0.15, 0.2) is 0 Å². The van der Waals surface area contributed by atoms with Gasteiger partial charge in [-0.2, -0.15) is 0 Å². The molecule has 2 heterocycles. The van der Waals surface area contributed by atoms with Crippen molar-refractivity contribution in [1.29, 1.82) is 0 Å². The normalized spacial score (nSPS) is 13.0. The SMILES string of the molecule is O=C(CN1C(=O)c2ccccc2C1=O)OCc1csc(-c2ccccc2Cl)n1. The molecule has 0 atom stereocenters. The second-order valence-corrected chi connectivity index (χ2v) is 7.29. The summed E-state index contributed by atoms with van der Waals surface area (Å²) in [7, 11) is 0. The number of imide groups is 1. The average Bonchev–Trinajstić information content (AvgIpc) is 3.26. The zero-order valence-corrected chi connectivity index (χ0v) is 16.0. The Morgan fingerprint density at radius 1 is 1.00 bits per heavy atom. The Kier molecular flexibility index (Phi) is 4.93. The molecule has 2 aromatic carbocycles. The molecule has 0 aliphatic carbocycles. The maximum absolute atomic E-state index is 12.3. The maximum atomic E-state index is 12.3. The molecule has 0 N–H and O–H groups in total. The van der Waals surface area contributed by atoms with E-state index in [0.717, 1.165) is 15.5 Å². The third-order valence-electron chi connectivity index (χ3n) is 4.20. The van der Waals surface area contributed by atoms with E-state index < -0.39 is 24.3 Å². The van der Waals surface area contributed by atoms with E-state index >= 15 is 0 Å². The zero-order valence-electron chi connectivity index (χ0n) is 14.4. The molecular weight excluding hydrogens is 400 g/mol. The molecule has 140 valence electrons. The Morgan fingerprint density at radius 2 is 1.61 bits per heavy atom. The van der Waals surface area contributed by atoms with Gasteiger partial charge in [-0.15, -0.1) is 11.3 Å². The lowest BCUT2D eigenvalue weighted by molar-refractivity contribution is -0.145. The summed E-state index contributed by atoms with van der Waals surface area (Å²) >= 11 is 7.56. The first-order valence-electron chi connectivity index (χ1n) is 8.35. The highest BCUT2D eigenvalue weighted by Gasteiger charge is 2.36. The van der Waals surface area contributed by atoms with Crippen molar-refractivity contribution >= 4 is 40.7 Å². The first-order chi connectivity index (χ1) is 13.5. The van der Waals surface area contributed by atoms with Gasteiger partial charge in [0.05, 0.1) is 21.8 Å². The standard InChI is InChI=1S/C20H13ClN2O4S/c21-16-8-4-3-7-15(16)18-22-12(11-28-18)10-27-17(24)9-23-19(25)13-5-1-2-6-14(13)20(23)26/h1-8,11H,9-10H2. The molecule has 1 aliphatic heterocycles. The minimum Gasteiger partial charge on any atom is -0.458 e. The maximum Gasteiger partial charge on any atom is 0.326 e. The van der Waals surface area contributed by atoms with Gasteiger partial charge in [-0.3, -0.25) is 19.3 Å². The summed E-state index contributed by atoms with van der Waals surface area (Å²) in [5.74, 6) is -1.67. The van der Waals surface area contributed by atoms with Gasteiger partial charge in [0.2, 0.25) is 0 Å². The summed E-state index contributed by atoms with van der Waals surface area (Å²) in [6.07, 6.45) is 0. The van der Waals surface area contributed by atoms with E-state index in [1.165, 1.54) is 11.3 Å². The summed E-state index contributed by atoms with van der Waals surface area (Å²) in [5, 5.41) is 3.08. The first-order valence-corrected chi connectivity index (χ1v) is 9.60. The van der Waals surface area contributed by atoms with Crippen molar-refractivity contribution in [3.8, 4) is 10.6 Å². The lowest BCUT2D eigenvalue weighted by Crippen LogP contribution is -2.35. The number of esters is 1. The Bertz CT molecular complexity index is 1060. The Labute approximate surface area is 169 Å². The molecule has 28 heavy (non-hydrogen) atoms. The molecule has 1 aromatic heterocycles. The molecule has 0 bridgehead atoms. The van der Waals surface area contributed by atoms with Crippen LogP contribution in [0.2, 0.25) is 5.02 Å². The van der Waals surface area contributed by atoms with Crippen molar-refractivity contribution in [2.75, 3.05) is 6.54 Å². The van der Waals surface area contributed by atoms with Crippen LogP contribution in [0, 0.1) is 0 Å². The fourth-order valence-corrected chi connectivity index (χ4v) is 3.97. The van der Waals surface area contributed by atoms with E-state index in [0.29, 0.717) is 21.8 Å². The van der Waals surface area contributed by atoms with Crippen LogP contribution in [0.1, 0.15) is 26.4 Å². The number of aromatic nitrogens is 1. The van der Waals surface area contributed by atoms with Crippen LogP contribution in [-0.4, -0.2) is 34.2 Å². The molecule has 2 amide bonds. The Morgan fingerprint density at radius 3 is 2.25 bits per heavy atom. The van der Waals surface area contributed by atoms with Crippen LogP contribution in [0.5, 0.6) is 0 Å². The van der Waals surface area contributed by atoms with Crippen LogP contribution in [-0.2, 0) is 16.1 Å². The number of thiazole rings is 1. The second kappa shape index (κ2) is 7.53. The first kappa shape index (κ1) is 18.3. The van der Waals surface area contributed by atoms with E-state index in [9.17, 15) is 14.4 Å². The third-order valence-corrected chi connectivity index (χ3v) is 5.46. The Hall–Kier alpha value is -3.03. The summed E-state index contributed by atoms with van der Waals surface area (Å²) in [6, 6.07) is 13.8. The fourth-order valence-electron chi connectivity index (χ4n) is 2.84. The van der Waals surface area contributed by atoms with Crippen molar-refractivity contribution < 1.29 is 19.1 Å². The van der Waals surface area contributed by atoms with Crippen molar-refractivity contribution in [1.82, 2.24) is 9.88 Å². The summed E-state index contributed by atoms with van der Waals surface area (Å²) in [6.45, 7) is -0.489. The van der Waals surface area contributed by atoms with Gasteiger partial charge in [0.25, 0.3) is 11.8 Å². The van der Waals surface area contributed by atoms with Crippen molar-refractivity contribution in [2.24, 2.45) is 0 Å². The van der Waals surface area contributed by atoms with Gasteiger partial charge in [-0.1, -0.05) is 41.9 Å². The van der Waals surface area contributed by atoms with Crippen LogP contribution in [0.3, 0.4) is 0 Å². The number of hydrogen-bond acceptors (Lipinski definition) is 6. The number of hydrogen-bond donors (Lipinski definition) is 0. The summed E-state index contributed by atoms with van der Waals surface area (Å²) in [4.78, 5) is 42.0. The predicted molar refractivity (Wildman–Crippen MR) is 104 cm³/mol. The molecule has 6 nitrogen and oxygen atoms in total. The highest BCUT2D eigenvalue weighted by atomic mass is 35.5. The number of nitrogens with zero attached hydrogens (tertiary/aromatic N) is 2. The molecule has 8 heteroatoms. The van der Waals surface area contributed by atoms with Crippen molar-refractivity contribution in [2.45, 2.75) is 6.61 Å². The van der Waals surface area contributed by atoms with E-state index in [1.54, 1.807) is 35.7 Å². The highest BCUT2D eigenvalue weighted by molar-refractivity contribution is 7.13. The van der Waals surface area contributed by atoms with Gasteiger partial charge in [-0.25, -0.2) is 4.98 Å². The Balaban J connectivity index is 1.38. The fraction of sp³-hybridized carbons (Fsp3) is 0.100. The number of halogens is 1. The molecule has 0 saturated heterocycles. The van der Waals surface area contributed by atoms with Gasteiger partial charge in [-0.05, 0) is 18.2 Å². The van der Waals surface area contributed by atoms with Crippen molar-refractivity contribution in [3.05, 3.63) is 75.8 Å². The molecule has 0 saturated carbocycles. The van der Waals surface area contributed by atoms with Crippen LogP contribution in [0.4, 0.5) is 0 Å². The molecule has 0 unspecified atom stereocenters. The number of amides is 2. The van der Waals surface area contributed by atoms with E-state index in [4.69, 9.17) is 16.3 Å². The molecular formula is C20H13ClN2O4S. The molecule has 4 rings (SSSR count). The van der Waals surface area contributed by atoms with E-state index in [-0.39, 0.29) is 6.61 Å². The summed E-state index contributed by atoms with van der Waals surface area (Å²) < 4.78 is 5.19. The average molecular weight is 413 g/mol. The number of benzene rings is 2. The number of ether oxygens (including phenoxy) is 1. The minimum atomic E-state index is -0.679. The van der Waals surface area contributed by atoms with Crippen molar-refractivity contribution in [3.63, 3.8) is 0 Å². The van der Waals surface area contributed by atoms with E-state index in [2.05, 4.69) is 4.98 Å². The van der Waals surface area contributed by atoms with Gasteiger partial charge in [0.1, 0.15) is 18.2 Å². The predicted octanol–water partition coefficient (Wildman–Crippen LogP) is 3.80. The smallest absolute Gasteiger partial charge is 0.326 e. The van der Waals surface area contributed by atoms with Crippen LogP contribution in [0.25, 0.3) is 10.6 Å². The van der Waals surface area contributed by atoms with Crippen LogP contribution in [0.15, 0.2) is 53.9 Å². The number of carbonyl (C=O) groups excluding carboxylic acids is 3. The number of rotatable bonds is 5. The van der Waals surface area contributed by atoms with Gasteiger partial charge >= 0.3 is 5.97 Å². The molecule has 1 aliphatic rings. The molecule has 0 fully saturated rings. The summed E-state index contributed by atoms with van der Waals surface area (Å²) in [5.41, 5.74) is 1.96. The third kappa shape index (κ3) is 3.42. The molecule has 0 radical (unpaired) electrons. The largest absolute Gasteiger partial charge is 0.458 e. The van der Waals surface area contributed by atoms with Gasteiger partial charge in [0, 0.05) is 10.9 Å². The van der Waals surface area contributed by atoms with Crippen LogP contribution < -0.4 is 0 Å². The number of carbonyl (C=O) groups is 3. The lowest BCUT2D eigenvalue weighted by atomic mass is 10.1. The van der Waals surface area contributed by atoms with Gasteiger partial charge < -0.3 is 4.74 Å². The quantitative estimate of drug-likeness (QED) is 0.470. The molecule has 3 aromatic rings. The minimum absolute atomic E-state index is 0.0526. The monoisotopic (exact) mass is 412 g/mol. The number of fused-ring (bicyclic) bond motifs is 1. The van der Waals surface area contributed by atoms with Crippen LogP contribution >= 0.6 is 22.9 Å². The topological polar surface area (TPSA) is 76.6 Å². The van der Waals surface area contributed by atoms with E-state index in [1.807, 2.05) is 18.2 Å². The highest BCUT2D eigenvalue weighted by Crippen LogP contribution is 2.30.